The quantitative estimate of drug-likeness (QED) is 0.705. The molecule has 0 radical (unpaired) electrons. The van der Waals surface area contributed by atoms with Gasteiger partial charge in [-0.1, -0.05) is 30.3 Å². The molecule has 3 N–H and O–H groups in total. The summed E-state index contributed by atoms with van der Waals surface area (Å²) in [6, 6.07) is 10.9. The molecule has 1 atom stereocenters. The molecule has 1 aliphatic rings. The summed E-state index contributed by atoms with van der Waals surface area (Å²) in [6.45, 7) is 2.84. The van der Waals surface area contributed by atoms with Crippen LogP contribution in [-0.2, 0) is 6.54 Å². The second-order valence-electron chi connectivity index (χ2n) is 4.34. The molecular weight excluding hydrogens is 230 g/mol. The highest BCUT2D eigenvalue weighted by molar-refractivity contribution is 7.80. The Balaban J connectivity index is 1.64. The molecule has 17 heavy (non-hydrogen) atoms. The smallest absolute Gasteiger partial charge is 0.166 e. The Morgan fingerprint density at radius 1 is 1.29 bits per heavy atom. The van der Waals surface area contributed by atoms with Crippen LogP contribution in [0.25, 0.3) is 0 Å². The van der Waals surface area contributed by atoms with Gasteiger partial charge in [-0.25, -0.2) is 0 Å². The van der Waals surface area contributed by atoms with Gasteiger partial charge in [0.05, 0.1) is 0 Å². The zero-order valence-corrected chi connectivity index (χ0v) is 10.7. The highest BCUT2D eigenvalue weighted by atomic mass is 32.1. The molecule has 1 unspecified atom stereocenters. The minimum Gasteiger partial charge on any atom is -0.361 e. The number of hydrogen-bond acceptors (Lipinski definition) is 2. The molecule has 92 valence electrons. The van der Waals surface area contributed by atoms with Gasteiger partial charge in [-0.2, -0.15) is 0 Å². The van der Waals surface area contributed by atoms with E-state index in [0.29, 0.717) is 6.04 Å². The highest BCUT2D eigenvalue weighted by Crippen LogP contribution is 2.03. The minimum absolute atomic E-state index is 0.575. The van der Waals surface area contributed by atoms with Crippen molar-refractivity contribution < 1.29 is 0 Å². The van der Waals surface area contributed by atoms with Crippen molar-refractivity contribution in [3.8, 4) is 0 Å². The van der Waals surface area contributed by atoms with Gasteiger partial charge in [-0.3, -0.25) is 0 Å². The fraction of sp³-hybridized carbons (Fsp3) is 0.462. The normalized spacial score (nSPS) is 18.9. The lowest BCUT2D eigenvalue weighted by Crippen LogP contribution is -2.41. The van der Waals surface area contributed by atoms with Gasteiger partial charge in [0.2, 0.25) is 0 Å². The van der Waals surface area contributed by atoms with Crippen molar-refractivity contribution in [2.45, 2.75) is 25.4 Å². The number of rotatable bonds is 4. The molecule has 0 aliphatic carbocycles. The van der Waals surface area contributed by atoms with E-state index in [1.54, 1.807) is 0 Å². The molecule has 3 nitrogen and oxygen atoms in total. The summed E-state index contributed by atoms with van der Waals surface area (Å²) >= 11 is 5.24. The lowest BCUT2D eigenvalue weighted by atomic mass is 10.2. The molecule has 0 bridgehead atoms. The fourth-order valence-corrected chi connectivity index (χ4v) is 2.14. The number of benzene rings is 1. The maximum Gasteiger partial charge on any atom is 0.166 e. The SMILES string of the molecule is S=C(NCc1ccccc1)NCC1CCCN1. The van der Waals surface area contributed by atoms with Crippen LogP contribution in [-0.4, -0.2) is 24.2 Å². The Kier molecular flexibility index (Phi) is 4.76. The average molecular weight is 249 g/mol. The van der Waals surface area contributed by atoms with E-state index in [-0.39, 0.29) is 0 Å². The summed E-state index contributed by atoms with van der Waals surface area (Å²) in [5, 5.41) is 10.6. The van der Waals surface area contributed by atoms with Crippen LogP contribution >= 0.6 is 12.2 Å². The Hall–Kier alpha value is -1.13. The standard InChI is InChI=1S/C13H19N3S/c17-13(16-10-12-7-4-8-14-12)15-9-11-5-2-1-3-6-11/h1-3,5-6,12,14H,4,7-10H2,(H2,15,16,17). The van der Waals surface area contributed by atoms with Gasteiger partial charge in [0.1, 0.15) is 0 Å². The molecule has 4 heteroatoms. The molecular formula is C13H19N3S. The van der Waals surface area contributed by atoms with Gasteiger partial charge in [-0.05, 0) is 37.2 Å². The van der Waals surface area contributed by atoms with Crippen LogP contribution < -0.4 is 16.0 Å². The number of nitrogens with one attached hydrogen (secondary N) is 3. The van der Waals surface area contributed by atoms with Gasteiger partial charge in [0.15, 0.2) is 5.11 Å². The van der Waals surface area contributed by atoms with Crippen LogP contribution in [0, 0.1) is 0 Å². The van der Waals surface area contributed by atoms with Gasteiger partial charge in [0.25, 0.3) is 0 Å². The molecule has 1 aromatic carbocycles. The van der Waals surface area contributed by atoms with Gasteiger partial charge in [-0.15, -0.1) is 0 Å². The third kappa shape index (κ3) is 4.32. The van der Waals surface area contributed by atoms with Crippen LogP contribution in [0.3, 0.4) is 0 Å². The summed E-state index contributed by atoms with van der Waals surface area (Å²) in [5.41, 5.74) is 1.25. The molecule has 1 fully saturated rings. The van der Waals surface area contributed by atoms with Gasteiger partial charge in [0, 0.05) is 19.1 Å². The molecule has 1 heterocycles. The van der Waals surface area contributed by atoms with Crippen LogP contribution in [0.15, 0.2) is 30.3 Å². The lowest BCUT2D eigenvalue weighted by molar-refractivity contribution is 0.586. The summed E-state index contributed by atoms with van der Waals surface area (Å²) in [4.78, 5) is 0. The van der Waals surface area contributed by atoms with E-state index in [4.69, 9.17) is 12.2 Å². The second kappa shape index (κ2) is 6.57. The first kappa shape index (κ1) is 12.3. The third-order valence-electron chi connectivity index (χ3n) is 2.97. The maximum absolute atomic E-state index is 5.24. The van der Waals surface area contributed by atoms with E-state index in [1.165, 1.54) is 18.4 Å². The van der Waals surface area contributed by atoms with Crippen molar-refractivity contribution >= 4 is 17.3 Å². The lowest BCUT2D eigenvalue weighted by Gasteiger charge is -2.14. The zero-order chi connectivity index (χ0) is 11.9. The third-order valence-corrected chi connectivity index (χ3v) is 3.26. The molecule has 1 saturated heterocycles. The van der Waals surface area contributed by atoms with Crippen molar-refractivity contribution in [2.24, 2.45) is 0 Å². The van der Waals surface area contributed by atoms with Gasteiger partial charge < -0.3 is 16.0 Å². The van der Waals surface area contributed by atoms with Crippen molar-refractivity contribution in [2.75, 3.05) is 13.1 Å². The Bertz CT molecular complexity index is 347. The van der Waals surface area contributed by atoms with Crippen molar-refractivity contribution in [3.05, 3.63) is 35.9 Å². The Morgan fingerprint density at radius 3 is 2.82 bits per heavy atom. The fourth-order valence-electron chi connectivity index (χ4n) is 1.99. The first-order valence-corrected chi connectivity index (χ1v) is 6.54. The van der Waals surface area contributed by atoms with Crippen LogP contribution in [0.1, 0.15) is 18.4 Å². The van der Waals surface area contributed by atoms with E-state index in [2.05, 4.69) is 28.1 Å². The summed E-state index contributed by atoms with van der Waals surface area (Å²) in [5.74, 6) is 0. The monoisotopic (exact) mass is 249 g/mol. The summed E-state index contributed by atoms with van der Waals surface area (Å²) in [7, 11) is 0. The van der Waals surface area contributed by atoms with E-state index in [0.717, 1.165) is 24.7 Å². The molecule has 1 aliphatic heterocycles. The predicted molar refractivity (Wildman–Crippen MR) is 74.9 cm³/mol. The predicted octanol–water partition coefficient (Wildman–Crippen LogP) is 1.40. The largest absolute Gasteiger partial charge is 0.361 e. The number of thiocarbonyl (C=S) groups is 1. The first-order chi connectivity index (χ1) is 8.34. The summed E-state index contributed by atoms with van der Waals surface area (Å²) < 4.78 is 0. The average Bonchev–Trinajstić information content (AvgIpc) is 2.88. The highest BCUT2D eigenvalue weighted by Gasteiger charge is 2.13. The van der Waals surface area contributed by atoms with E-state index in [1.807, 2.05) is 18.2 Å². The van der Waals surface area contributed by atoms with Crippen molar-refractivity contribution in [3.63, 3.8) is 0 Å². The topological polar surface area (TPSA) is 36.1 Å². The van der Waals surface area contributed by atoms with Crippen LogP contribution in [0.5, 0.6) is 0 Å². The van der Waals surface area contributed by atoms with E-state index >= 15 is 0 Å². The van der Waals surface area contributed by atoms with Gasteiger partial charge >= 0.3 is 0 Å². The molecule has 1 aromatic rings. The van der Waals surface area contributed by atoms with E-state index < -0.39 is 0 Å². The first-order valence-electron chi connectivity index (χ1n) is 6.13. The minimum atomic E-state index is 0.575. The van der Waals surface area contributed by atoms with Crippen molar-refractivity contribution in [1.82, 2.24) is 16.0 Å². The number of hydrogen-bond donors (Lipinski definition) is 3. The maximum atomic E-state index is 5.24. The zero-order valence-electron chi connectivity index (χ0n) is 9.91. The van der Waals surface area contributed by atoms with Crippen molar-refractivity contribution in [1.29, 1.82) is 0 Å². The van der Waals surface area contributed by atoms with Crippen LogP contribution in [0.4, 0.5) is 0 Å². The second-order valence-corrected chi connectivity index (χ2v) is 4.75. The van der Waals surface area contributed by atoms with Crippen LogP contribution in [0.2, 0.25) is 0 Å². The summed E-state index contributed by atoms with van der Waals surface area (Å²) in [6.07, 6.45) is 2.52. The Labute approximate surface area is 108 Å². The molecule has 0 aromatic heterocycles. The molecule has 0 spiro atoms. The molecule has 0 amide bonds. The molecule has 2 rings (SSSR count). The Morgan fingerprint density at radius 2 is 2.12 bits per heavy atom. The molecule has 0 saturated carbocycles. The van der Waals surface area contributed by atoms with E-state index in [9.17, 15) is 0 Å².